The highest BCUT2D eigenvalue weighted by molar-refractivity contribution is 5.64. The van der Waals surface area contributed by atoms with Gasteiger partial charge in [0.1, 0.15) is 0 Å². The van der Waals surface area contributed by atoms with Gasteiger partial charge in [0, 0.05) is 11.7 Å². The lowest BCUT2D eigenvalue weighted by atomic mass is 10.3. The summed E-state index contributed by atoms with van der Waals surface area (Å²) in [5.74, 6) is 1.26. The van der Waals surface area contributed by atoms with Crippen molar-refractivity contribution in [3.8, 4) is 5.69 Å². The predicted octanol–water partition coefficient (Wildman–Crippen LogP) is 1.50. The van der Waals surface area contributed by atoms with E-state index in [2.05, 4.69) is 11.0 Å². The quantitative estimate of drug-likeness (QED) is 0.667. The van der Waals surface area contributed by atoms with Crippen molar-refractivity contribution in [3.05, 3.63) is 41.3 Å². The Hall–Kier alpha value is -2.54. The molecule has 2 heterocycles. The molecule has 4 N–H and O–H groups in total. The topological polar surface area (TPSA) is 90.9 Å². The van der Waals surface area contributed by atoms with Crippen LogP contribution < -0.4 is 21.9 Å². The van der Waals surface area contributed by atoms with Gasteiger partial charge in [0.25, 0.3) is 0 Å². The molecule has 0 aliphatic carbocycles. The summed E-state index contributed by atoms with van der Waals surface area (Å²) >= 11 is 0. The highest BCUT2D eigenvalue weighted by atomic mass is 16.8. The SMILES string of the molecule is CC(C)n1c2c(n(-c3ccccc3)c(=N)c1=N)NON2. The van der Waals surface area contributed by atoms with Crippen molar-refractivity contribution in [2.75, 3.05) is 11.0 Å². The van der Waals surface area contributed by atoms with Crippen LogP contribution in [0.2, 0.25) is 0 Å². The molecule has 7 nitrogen and oxygen atoms in total. The number of fused-ring (bicyclic) bond motifs is 1. The first-order valence-corrected chi connectivity index (χ1v) is 6.35. The number of aromatic nitrogens is 2. The average molecular weight is 272 g/mol. The van der Waals surface area contributed by atoms with E-state index in [1.165, 1.54) is 0 Å². The van der Waals surface area contributed by atoms with Crippen LogP contribution in [0.25, 0.3) is 5.69 Å². The standard InChI is InChI=1S/C13H16N6O/c1-8(2)18-10(14)11(15)19(9-6-4-3-5-7-9)13-12(18)16-20-17-13/h3-8,14-17H,1-2H3. The van der Waals surface area contributed by atoms with Gasteiger partial charge in [-0.2, -0.15) is 4.94 Å². The molecule has 0 amide bonds. The van der Waals surface area contributed by atoms with Crippen molar-refractivity contribution in [2.24, 2.45) is 0 Å². The first kappa shape index (κ1) is 12.5. The van der Waals surface area contributed by atoms with Gasteiger partial charge in [0.05, 0.1) is 0 Å². The monoisotopic (exact) mass is 272 g/mol. The third kappa shape index (κ3) is 1.71. The molecule has 3 rings (SSSR count). The summed E-state index contributed by atoms with van der Waals surface area (Å²) < 4.78 is 3.37. The summed E-state index contributed by atoms with van der Waals surface area (Å²) in [5.41, 5.74) is 6.55. The fraction of sp³-hybridized carbons (Fsp3) is 0.231. The van der Waals surface area contributed by atoms with E-state index < -0.39 is 0 Å². The fourth-order valence-electron chi connectivity index (χ4n) is 2.33. The lowest BCUT2D eigenvalue weighted by Gasteiger charge is -2.19. The molecule has 0 unspecified atom stereocenters. The van der Waals surface area contributed by atoms with Gasteiger partial charge in [-0.25, -0.2) is 11.0 Å². The van der Waals surface area contributed by atoms with Crippen molar-refractivity contribution < 1.29 is 4.94 Å². The van der Waals surface area contributed by atoms with Crippen molar-refractivity contribution >= 4 is 11.6 Å². The summed E-state index contributed by atoms with van der Waals surface area (Å²) in [6, 6.07) is 9.51. The van der Waals surface area contributed by atoms with Crippen LogP contribution in [0.3, 0.4) is 0 Å². The second-order valence-electron chi connectivity index (χ2n) is 4.84. The Morgan fingerprint density at radius 3 is 2.30 bits per heavy atom. The van der Waals surface area contributed by atoms with E-state index in [1.54, 1.807) is 9.13 Å². The molecule has 1 aliphatic rings. The molecule has 1 aliphatic heterocycles. The van der Waals surface area contributed by atoms with Crippen LogP contribution in [0.15, 0.2) is 30.3 Å². The van der Waals surface area contributed by atoms with E-state index >= 15 is 0 Å². The Morgan fingerprint density at radius 1 is 1.00 bits per heavy atom. The van der Waals surface area contributed by atoms with Gasteiger partial charge >= 0.3 is 0 Å². The summed E-state index contributed by atoms with van der Waals surface area (Å²) in [5, 5.41) is 16.5. The first-order chi connectivity index (χ1) is 9.61. The summed E-state index contributed by atoms with van der Waals surface area (Å²) in [7, 11) is 0. The zero-order valence-corrected chi connectivity index (χ0v) is 11.3. The van der Waals surface area contributed by atoms with Crippen molar-refractivity contribution in [3.63, 3.8) is 0 Å². The molecular weight excluding hydrogens is 256 g/mol. The molecule has 20 heavy (non-hydrogen) atoms. The molecule has 1 aromatic heterocycles. The van der Waals surface area contributed by atoms with E-state index in [0.717, 1.165) is 5.69 Å². The van der Waals surface area contributed by atoms with E-state index in [1.807, 2.05) is 44.2 Å². The van der Waals surface area contributed by atoms with E-state index in [-0.39, 0.29) is 17.0 Å². The predicted molar refractivity (Wildman–Crippen MR) is 74.2 cm³/mol. The molecular formula is C13H16N6O. The van der Waals surface area contributed by atoms with Gasteiger partial charge in [-0.1, -0.05) is 18.2 Å². The van der Waals surface area contributed by atoms with Crippen molar-refractivity contribution in [2.45, 2.75) is 19.9 Å². The van der Waals surface area contributed by atoms with Crippen LogP contribution in [0.1, 0.15) is 19.9 Å². The number of benzene rings is 1. The Morgan fingerprint density at radius 2 is 1.65 bits per heavy atom. The van der Waals surface area contributed by atoms with E-state index in [4.69, 9.17) is 15.8 Å². The molecule has 0 spiro atoms. The normalized spacial score (nSPS) is 12.9. The molecule has 1 aromatic carbocycles. The third-order valence-corrected chi connectivity index (χ3v) is 3.20. The van der Waals surface area contributed by atoms with Gasteiger partial charge in [0.2, 0.25) is 0 Å². The lowest BCUT2D eigenvalue weighted by molar-refractivity contribution is 0.277. The maximum atomic E-state index is 8.27. The van der Waals surface area contributed by atoms with Crippen molar-refractivity contribution in [1.82, 2.24) is 9.13 Å². The van der Waals surface area contributed by atoms with Crippen LogP contribution in [0.4, 0.5) is 11.6 Å². The zero-order valence-electron chi connectivity index (χ0n) is 11.3. The van der Waals surface area contributed by atoms with E-state index in [0.29, 0.717) is 11.6 Å². The highest BCUT2D eigenvalue weighted by Gasteiger charge is 2.23. The number of hydrogen-bond donors (Lipinski definition) is 4. The second kappa shape index (κ2) is 4.53. The van der Waals surface area contributed by atoms with Gasteiger partial charge in [-0.05, 0) is 26.0 Å². The Kier molecular flexibility index (Phi) is 2.83. The molecule has 0 bridgehead atoms. The smallest absolute Gasteiger partial charge is 0.182 e. The van der Waals surface area contributed by atoms with Gasteiger partial charge in [-0.3, -0.25) is 15.4 Å². The Labute approximate surface area is 115 Å². The Bertz CT molecular complexity index is 759. The molecule has 0 saturated heterocycles. The Balaban J connectivity index is 2.39. The number of nitrogens with one attached hydrogen (secondary N) is 4. The molecule has 0 atom stereocenters. The highest BCUT2D eigenvalue weighted by Crippen LogP contribution is 2.28. The minimum Gasteiger partial charge on any atom is -0.303 e. The molecule has 104 valence electrons. The average Bonchev–Trinajstić information content (AvgIpc) is 2.89. The van der Waals surface area contributed by atoms with E-state index in [9.17, 15) is 0 Å². The number of anilines is 2. The maximum absolute atomic E-state index is 8.27. The van der Waals surface area contributed by atoms with Gasteiger partial charge in [-0.15, -0.1) is 0 Å². The van der Waals surface area contributed by atoms with Crippen LogP contribution in [0.5, 0.6) is 0 Å². The largest absolute Gasteiger partial charge is 0.303 e. The number of para-hydroxylation sites is 1. The molecule has 2 aromatic rings. The summed E-state index contributed by atoms with van der Waals surface area (Å²) in [6.45, 7) is 3.93. The maximum Gasteiger partial charge on any atom is 0.182 e. The van der Waals surface area contributed by atoms with Crippen LogP contribution in [0, 0.1) is 10.8 Å². The zero-order chi connectivity index (χ0) is 14.3. The summed E-state index contributed by atoms with van der Waals surface area (Å²) in [4.78, 5) is 5.07. The second-order valence-corrected chi connectivity index (χ2v) is 4.84. The van der Waals surface area contributed by atoms with Crippen LogP contribution in [-0.4, -0.2) is 9.13 Å². The number of hydrogen-bond acceptors (Lipinski definition) is 5. The minimum atomic E-state index is 0.0433. The number of nitrogens with zero attached hydrogens (tertiary/aromatic N) is 2. The fourth-order valence-corrected chi connectivity index (χ4v) is 2.33. The summed E-state index contributed by atoms with van der Waals surface area (Å²) in [6.07, 6.45) is 0. The first-order valence-electron chi connectivity index (χ1n) is 6.35. The van der Waals surface area contributed by atoms with Gasteiger partial charge in [0.15, 0.2) is 22.6 Å². The van der Waals surface area contributed by atoms with Crippen molar-refractivity contribution in [1.29, 1.82) is 10.8 Å². The van der Waals surface area contributed by atoms with Crippen LogP contribution in [-0.2, 0) is 4.94 Å². The third-order valence-electron chi connectivity index (χ3n) is 3.20. The molecule has 0 radical (unpaired) electrons. The molecule has 0 saturated carbocycles. The van der Waals surface area contributed by atoms with Gasteiger partial charge < -0.3 is 4.57 Å². The lowest BCUT2D eigenvalue weighted by Crippen LogP contribution is -2.42. The number of rotatable bonds is 2. The minimum absolute atomic E-state index is 0.0433. The van der Waals surface area contributed by atoms with Crippen LogP contribution >= 0.6 is 0 Å². The molecule has 0 fully saturated rings. The molecule has 7 heteroatoms.